The first-order chi connectivity index (χ1) is 9.22. The van der Waals surface area contributed by atoms with Crippen LogP contribution in [-0.4, -0.2) is 23.0 Å². The number of hydrogen-bond donors (Lipinski definition) is 1. The van der Waals surface area contributed by atoms with Crippen LogP contribution in [-0.2, 0) is 12.0 Å². The summed E-state index contributed by atoms with van der Waals surface area (Å²) in [5, 5.41) is 1.44. The van der Waals surface area contributed by atoms with Gasteiger partial charge in [-0.2, -0.15) is 0 Å². The molecule has 1 aromatic heterocycles. The van der Waals surface area contributed by atoms with Gasteiger partial charge in [0.05, 0.1) is 5.54 Å². The van der Waals surface area contributed by atoms with E-state index in [4.69, 9.17) is 0 Å². The zero-order valence-corrected chi connectivity index (χ0v) is 11.9. The molecule has 0 radical (unpaired) electrons. The predicted octanol–water partition coefficient (Wildman–Crippen LogP) is 3.67. The molecule has 1 N–H and O–H groups in total. The largest absolute Gasteiger partial charge is 0.357 e. The Morgan fingerprint density at radius 3 is 3.05 bits per heavy atom. The van der Waals surface area contributed by atoms with Crippen LogP contribution in [0.2, 0.25) is 0 Å². The SMILES string of the molecule is CC[C@H]1CN2CCc3c([nH]c4ccccc34)[C@]2(C)C1. The normalized spacial score (nSPS) is 30.5. The van der Waals surface area contributed by atoms with E-state index in [1.165, 1.54) is 48.9 Å². The van der Waals surface area contributed by atoms with Gasteiger partial charge in [-0.05, 0) is 37.3 Å². The van der Waals surface area contributed by atoms with E-state index in [0.29, 0.717) is 0 Å². The van der Waals surface area contributed by atoms with Crippen LogP contribution in [0.5, 0.6) is 0 Å². The molecule has 1 saturated heterocycles. The first-order valence-electron chi connectivity index (χ1n) is 7.57. The summed E-state index contributed by atoms with van der Waals surface area (Å²) in [7, 11) is 0. The molecule has 2 heteroatoms. The summed E-state index contributed by atoms with van der Waals surface area (Å²) in [6, 6.07) is 8.78. The van der Waals surface area contributed by atoms with Crippen molar-refractivity contribution in [3.05, 3.63) is 35.5 Å². The molecule has 0 spiro atoms. The summed E-state index contributed by atoms with van der Waals surface area (Å²) < 4.78 is 0. The quantitative estimate of drug-likeness (QED) is 0.822. The number of nitrogens with zero attached hydrogens (tertiary/aromatic N) is 1. The third-order valence-corrected chi connectivity index (χ3v) is 5.42. The summed E-state index contributed by atoms with van der Waals surface area (Å²) in [6.45, 7) is 7.28. The van der Waals surface area contributed by atoms with Crippen LogP contribution in [0.15, 0.2) is 24.3 Å². The maximum atomic E-state index is 3.73. The zero-order valence-electron chi connectivity index (χ0n) is 11.9. The second-order valence-electron chi connectivity index (χ2n) is 6.47. The van der Waals surface area contributed by atoms with Crippen molar-refractivity contribution in [3.8, 4) is 0 Å². The average Bonchev–Trinajstić information content (AvgIpc) is 2.96. The third-order valence-electron chi connectivity index (χ3n) is 5.42. The molecular weight excluding hydrogens is 232 g/mol. The molecule has 0 saturated carbocycles. The molecule has 19 heavy (non-hydrogen) atoms. The highest BCUT2D eigenvalue weighted by Gasteiger charge is 2.46. The Kier molecular flexibility index (Phi) is 2.34. The Morgan fingerprint density at radius 2 is 2.21 bits per heavy atom. The van der Waals surface area contributed by atoms with E-state index in [1.54, 1.807) is 5.56 Å². The molecule has 2 aromatic rings. The van der Waals surface area contributed by atoms with Gasteiger partial charge in [-0.25, -0.2) is 0 Å². The molecule has 4 rings (SSSR count). The van der Waals surface area contributed by atoms with Gasteiger partial charge in [0.15, 0.2) is 0 Å². The van der Waals surface area contributed by atoms with Crippen LogP contribution >= 0.6 is 0 Å². The van der Waals surface area contributed by atoms with E-state index in [2.05, 4.69) is 48.0 Å². The number of fused-ring (bicyclic) bond motifs is 5. The monoisotopic (exact) mass is 254 g/mol. The molecule has 0 amide bonds. The van der Waals surface area contributed by atoms with Crippen LogP contribution in [0.4, 0.5) is 0 Å². The fourth-order valence-corrected chi connectivity index (χ4v) is 4.31. The Balaban J connectivity index is 1.90. The highest BCUT2D eigenvalue weighted by Crippen LogP contribution is 2.47. The summed E-state index contributed by atoms with van der Waals surface area (Å²) in [6.07, 6.45) is 3.82. The van der Waals surface area contributed by atoms with Crippen LogP contribution in [0.1, 0.15) is 37.9 Å². The molecule has 2 aliphatic rings. The van der Waals surface area contributed by atoms with Gasteiger partial charge >= 0.3 is 0 Å². The number of rotatable bonds is 1. The smallest absolute Gasteiger partial charge is 0.0589 e. The number of para-hydroxylation sites is 1. The van der Waals surface area contributed by atoms with Crippen LogP contribution in [0.25, 0.3) is 10.9 Å². The van der Waals surface area contributed by atoms with E-state index in [1.807, 2.05) is 0 Å². The van der Waals surface area contributed by atoms with E-state index >= 15 is 0 Å². The molecule has 1 aromatic carbocycles. The Bertz CT molecular complexity index is 627. The minimum absolute atomic E-state index is 0.243. The minimum atomic E-state index is 0.243. The van der Waals surface area contributed by atoms with Crippen molar-refractivity contribution in [1.82, 2.24) is 9.88 Å². The topological polar surface area (TPSA) is 19.0 Å². The van der Waals surface area contributed by atoms with E-state index < -0.39 is 0 Å². The van der Waals surface area contributed by atoms with Gasteiger partial charge < -0.3 is 4.98 Å². The maximum absolute atomic E-state index is 3.73. The van der Waals surface area contributed by atoms with Gasteiger partial charge in [0.2, 0.25) is 0 Å². The molecule has 0 bridgehead atoms. The molecule has 2 nitrogen and oxygen atoms in total. The minimum Gasteiger partial charge on any atom is -0.357 e. The number of H-pyrrole nitrogens is 1. The van der Waals surface area contributed by atoms with Gasteiger partial charge in [0.1, 0.15) is 0 Å². The average molecular weight is 254 g/mol. The molecular formula is C17H22N2. The van der Waals surface area contributed by atoms with E-state index in [9.17, 15) is 0 Å². The number of aromatic nitrogens is 1. The lowest BCUT2D eigenvalue weighted by Crippen LogP contribution is -2.44. The van der Waals surface area contributed by atoms with Crippen LogP contribution < -0.4 is 0 Å². The highest BCUT2D eigenvalue weighted by molar-refractivity contribution is 5.85. The second kappa shape index (κ2) is 3.86. The molecule has 2 atom stereocenters. The fourth-order valence-electron chi connectivity index (χ4n) is 4.31. The lowest BCUT2D eigenvalue weighted by atomic mass is 9.84. The molecule has 0 aliphatic carbocycles. The summed E-state index contributed by atoms with van der Waals surface area (Å²) in [5.74, 6) is 0.863. The van der Waals surface area contributed by atoms with Crippen molar-refractivity contribution in [2.45, 2.75) is 38.6 Å². The van der Waals surface area contributed by atoms with E-state index in [-0.39, 0.29) is 5.54 Å². The Morgan fingerprint density at radius 1 is 1.37 bits per heavy atom. The molecule has 0 unspecified atom stereocenters. The van der Waals surface area contributed by atoms with Crippen molar-refractivity contribution in [2.24, 2.45) is 5.92 Å². The number of aromatic amines is 1. The molecule has 1 fully saturated rings. The first kappa shape index (κ1) is 11.5. The highest BCUT2D eigenvalue weighted by atomic mass is 15.2. The van der Waals surface area contributed by atoms with Crippen molar-refractivity contribution in [1.29, 1.82) is 0 Å². The summed E-state index contributed by atoms with van der Waals surface area (Å²) in [4.78, 5) is 6.44. The van der Waals surface area contributed by atoms with Gasteiger partial charge in [0.25, 0.3) is 0 Å². The first-order valence-corrected chi connectivity index (χ1v) is 7.57. The van der Waals surface area contributed by atoms with Crippen LogP contribution in [0.3, 0.4) is 0 Å². The number of hydrogen-bond acceptors (Lipinski definition) is 1. The van der Waals surface area contributed by atoms with Crippen molar-refractivity contribution in [2.75, 3.05) is 13.1 Å². The standard InChI is InChI=1S/C17H22N2/c1-3-12-10-17(2)16-14(8-9-19(17)11-12)13-6-4-5-7-15(13)18-16/h4-7,12,18H,3,8-11H2,1-2H3/t12-,17+/m1/s1. The van der Waals surface area contributed by atoms with Gasteiger partial charge in [-0.15, -0.1) is 0 Å². The predicted molar refractivity (Wildman–Crippen MR) is 79.3 cm³/mol. The Hall–Kier alpha value is -1.28. The zero-order chi connectivity index (χ0) is 13.0. The van der Waals surface area contributed by atoms with Crippen molar-refractivity contribution in [3.63, 3.8) is 0 Å². The molecule has 100 valence electrons. The summed E-state index contributed by atoms with van der Waals surface area (Å²) in [5.41, 5.74) is 4.63. The summed E-state index contributed by atoms with van der Waals surface area (Å²) >= 11 is 0. The Labute approximate surface area is 114 Å². The molecule has 2 aliphatic heterocycles. The fraction of sp³-hybridized carbons (Fsp3) is 0.529. The molecule has 3 heterocycles. The second-order valence-corrected chi connectivity index (χ2v) is 6.47. The van der Waals surface area contributed by atoms with Crippen molar-refractivity contribution < 1.29 is 0 Å². The van der Waals surface area contributed by atoms with Crippen molar-refractivity contribution >= 4 is 10.9 Å². The van der Waals surface area contributed by atoms with Gasteiger partial charge in [0, 0.05) is 29.7 Å². The number of nitrogens with one attached hydrogen (secondary N) is 1. The number of benzene rings is 1. The third kappa shape index (κ3) is 1.47. The van der Waals surface area contributed by atoms with E-state index in [0.717, 1.165) is 5.92 Å². The van der Waals surface area contributed by atoms with Gasteiger partial charge in [-0.1, -0.05) is 31.5 Å². The van der Waals surface area contributed by atoms with Gasteiger partial charge in [-0.3, -0.25) is 4.90 Å². The maximum Gasteiger partial charge on any atom is 0.0589 e. The lowest BCUT2D eigenvalue weighted by molar-refractivity contribution is 0.139. The van der Waals surface area contributed by atoms with Crippen LogP contribution in [0, 0.1) is 5.92 Å². The lowest BCUT2D eigenvalue weighted by Gasteiger charge is -2.39.